The number of benzene rings is 2. The molecule has 0 saturated carbocycles. The van der Waals surface area contributed by atoms with E-state index in [2.05, 4.69) is 15.2 Å². The predicted molar refractivity (Wildman–Crippen MR) is 107 cm³/mol. The second kappa shape index (κ2) is 7.42. The van der Waals surface area contributed by atoms with Gasteiger partial charge in [0.2, 0.25) is 12.3 Å². The van der Waals surface area contributed by atoms with Crippen molar-refractivity contribution in [3.05, 3.63) is 53.3 Å². The summed E-state index contributed by atoms with van der Waals surface area (Å²) in [6, 6.07) is 10.5. The van der Waals surface area contributed by atoms with Crippen LogP contribution in [0.5, 0.6) is 0 Å². The van der Waals surface area contributed by atoms with E-state index in [0.717, 1.165) is 30.8 Å². The fraction of sp³-hybridized carbons (Fsp3) is 0.286. The molecule has 0 bridgehead atoms. The van der Waals surface area contributed by atoms with E-state index in [9.17, 15) is 14.0 Å². The fourth-order valence-electron chi connectivity index (χ4n) is 3.75. The highest BCUT2D eigenvalue weighted by atomic mass is 19.1. The highest BCUT2D eigenvalue weighted by Crippen LogP contribution is 2.34. The van der Waals surface area contributed by atoms with Crippen LogP contribution in [-0.4, -0.2) is 49.6 Å². The predicted octanol–water partition coefficient (Wildman–Crippen LogP) is 2.85. The molecule has 0 aromatic heterocycles. The van der Waals surface area contributed by atoms with Crippen LogP contribution in [0, 0.1) is 12.7 Å². The van der Waals surface area contributed by atoms with E-state index in [1.807, 2.05) is 25.1 Å². The molecule has 4 rings (SSSR count). The van der Waals surface area contributed by atoms with E-state index >= 15 is 0 Å². The lowest BCUT2D eigenvalue weighted by molar-refractivity contribution is -0.118. The van der Waals surface area contributed by atoms with Crippen molar-refractivity contribution < 1.29 is 14.0 Å². The topological polar surface area (TPSA) is 65.0 Å². The molecule has 1 N–H and O–H groups in total. The van der Waals surface area contributed by atoms with Gasteiger partial charge < -0.3 is 15.1 Å². The smallest absolute Gasteiger partial charge is 0.237 e. The van der Waals surface area contributed by atoms with Crippen molar-refractivity contribution in [2.75, 3.05) is 36.4 Å². The van der Waals surface area contributed by atoms with Crippen LogP contribution in [0.4, 0.5) is 21.5 Å². The van der Waals surface area contributed by atoms with Crippen molar-refractivity contribution in [3.8, 4) is 0 Å². The van der Waals surface area contributed by atoms with Gasteiger partial charge in [-0.3, -0.25) is 14.6 Å². The Morgan fingerprint density at radius 2 is 1.96 bits per heavy atom. The van der Waals surface area contributed by atoms with Crippen LogP contribution in [0.1, 0.15) is 17.0 Å². The van der Waals surface area contributed by atoms with Gasteiger partial charge in [-0.25, -0.2) is 4.39 Å². The van der Waals surface area contributed by atoms with Gasteiger partial charge in [-0.1, -0.05) is 6.07 Å². The maximum absolute atomic E-state index is 14.1. The number of piperazine rings is 1. The molecule has 2 heterocycles. The molecule has 0 aliphatic carbocycles. The molecule has 2 aromatic rings. The molecular formula is C21H21FN4O2. The van der Waals surface area contributed by atoms with Gasteiger partial charge in [-0.05, 0) is 42.8 Å². The first-order chi connectivity index (χ1) is 13.6. The fourth-order valence-corrected chi connectivity index (χ4v) is 3.75. The molecule has 1 fully saturated rings. The highest BCUT2D eigenvalue weighted by molar-refractivity contribution is 6.12. The number of rotatable bonds is 4. The first-order valence-electron chi connectivity index (χ1n) is 9.25. The minimum absolute atomic E-state index is 0.273. The molecule has 28 heavy (non-hydrogen) atoms. The second-order valence-electron chi connectivity index (χ2n) is 7.05. The lowest BCUT2D eigenvalue weighted by Crippen LogP contribution is -2.45. The summed E-state index contributed by atoms with van der Waals surface area (Å²) in [5, 5.41) is 2.69. The third kappa shape index (κ3) is 3.35. The van der Waals surface area contributed by atoms with Crippen LogP contribution < -0.4 is 10.2 Å². The average Bonchev–Trinajstić information content (AvgIpc) is 3.03. The molecule has 0 spiro atoms. The number of aryl methyl sites for hydroxylation is 1. The van der Waals surface area contributed by atoms with Crippen LogP contribution in [0.3, 0.4) is 0 Å². The van der Waals surface area contributed by atoms with E-state index in [1.165, 1.54) is 12.3 Å². The largest absolute Gasteiger partial charge is 0.368 e. The zero-order valence-corrected chi connectivity index (χ0v) is 15.6. The first kappa shape index (κ1) is 18.2. The lowest BCUT2D eigenvalue weighted by Gasteiger charge is -2.35. The van der Waals surface area contributed by atoms with Crippen molar-refractivity contribution in [2.24, 2.45) is 4.99 Å². The third-order valence-electron chi connectivity index (χ3n) is 5.26. The van der Waals surface area contributed by atoms with Crippen LogP contribution in [-0.2, 0) is 9.59 Å². The lowest BCUT2D eigenvalue weighted by atomic mass is 10.0. The Hall–Kier alpha value is -3.22. The summed E-state index contributed by atoms with van der Waals surface area (Å²) in [5.41, 5.74) is 3.74. The summed E-state index contributed by atoms with van der Waals surface area (Å²) in [6.07, 6.45) is 2.39. The van der Waals surface area contributed by atoms with Gasteiger partial charge in [0.25, 0.3) is 0 Å². The van der Waals surface area contributed by atoms with Gasteiger partial charge >= 0.3 is 0 Å². The maximum atomic E-state index is 14.1. The number of fused-ring (bicyclic) bond motifs is 1. The van der Waals surface area contributed by atoms with Crippen LogP contribution >= 0.6 is 0 Å². The molecule has 0 radical (unpaired) electrons. The molecular weight excluding hydrogens is 359 g/mol. The molecule has 6 nitrogen and oxygen atoms in total. The summed E-state index contributed by atoms with van der Waals surface area (Å²) in [4.78, 5) is 31.5. The standard InChI is InChI=1S/C21H21FN4O2/c1-14-11-15(5-6-19(14)26-9-7-25(13-27)8-10-26)23-12-16-20-17(22)3-2-4-18(20)24-21(16)28/h2-6,11-13,16H,7-10H2,1H3,(H,24,28). The Balaban J connectivity index is 1.52. The first-order valence-corrected chi connectivity index (χ1v) is 9.25. The SMILES string of the molecule is Cc1cc(N=CC2C(=O)Nc3cccc(F)c32)ccc1N1CCN(C=O)CC1. The Morgan fingerprint density at radius 1 is 1.18 bits per heavy atom. The number of nitrogens with zero attached hydrogens (tertiary/aromatic N) is 3. The molecule has 144 valence electrons. The average molecular weight is 380 g/mol. The highest BCUT2D eigenvalue weighted by Gasteiger charge is 2.31. The van der Waals surface area contributed by atoms with Gasteiger partial charge in [0, 0.05) is 49.3 Å². The number of hydrogen-bond donors (Lipinski definition) is 1. The Kier molecular flexibility index (Phi) is 4.81. The number of carbonyl (C=O) groups is 2. The summed E-state index contributed by atoms with van der Waals surface area (Å²) in [6.45, 7) is 5.02. The zero-order valence-electron chi connectivity index (χ0n) is 15.6. The molecule has 1 atom stereocenters. The molecule has 7 heteroatoms. The molecule has 2 aromatic carbocycles. The Bertz CT molecular complexity index is 951. The number of nitrogens with one attached hydrogen (secondary N) is 1. The zero-order chi connectivity index (χ0) is 19.7. The Labute approximate surface area is 162 Å². The quantitative estimate of drug-likeness (QED) is 0.655. The molecule has 2 aliphatic heterocycles. The van der Waals surface area contributed by atoms with E-state index < -0.39 is 11.7 Å². The summed E-state index contributed by atoms with van der Waals surface area (Å²) in [7, 11) is 0. The molecule has 2 aliphatic rings. The maximum Gasteiger partial charge on any atom is 0.237 e. The minimum atomic E-state index is -0.729. The summed E-state index contributed by atoms with van der Waals surface area (Å²) in [5.74, 6) is -1.41. The van der Waals surface area contributed by atoms with Gasteiger partial charge in [0.05, 0.1) is 5.69 Å². The number of halogens is 1. The molecule has 1 unspecified atom stereocenters. The molecule has 2 amide bonds. The van der Waals surface area contributed by atoms with Crippen molar-refractivity contribution in [1.82, 2.24) is 4.90 Å². The van der Waals surface area contributed by atoms with Gasteiger partial charge in [0.15, 0.2) is 0 Å². The summed E-state index contributed by atoms with van der Waals surface area (Å²) < 4.78 is 14.1. The number of amides is 2. The van der Waals surface area contributed by atoms with Crippen molar-refractivity contribution in [3.63, 3.8) is 0 Å². The summed E-state index contributed by atoms with van der Waals surface area (Å²) >= 11 is 0. The number of aliphatic imine (C=N–C) groups is 1. The number of hydrogen-bond acceptors (Lipinski definition) is 4. The minimum Gasteiger partial charge on any atom is -0.368 e. The Morgan fingerprint density at radius 3 is 2.68 bits per heavy atom. The van der Waals surface area contributed by atoms with Crippen molar-refractivity contribution in [1.29, 1.82) is 0 Å². The normalized spacial score (nSPS) is 19.1. The van der Waals surface area contributed by atoms with Crippen LogP contribution in [0.15, 0.2) is 41.4 Å². The van der Waals surface area contributed by atoms with E-state index in [-0.39, 0.29) is 5.91 Å². The van der Waals surface area contributed by atoms with E-state index in [0.29, 0.717) is 30.0 Å². The third-order valence-corrected chi connectivity index (χ3v) is 5.26. The van der Waals surface area contributed by atoms with Gasteiger partial charge in [-0.2, -0.15) is 0 Å². The molecule has 1 saturated heterocycles. The van der Waals surface area contributed by atoms with Crippen LogP contribution in [0.2, 0.25) is 0 Å². The monoisotopic (exact) mass is 380 g/mol. The van der Waals surface area contributed by atoms with Crippen LogP contribution in [0.25, 0.3) is 0 Å². The van der Waals surface area contributed by atoms with Gasteiger partial charge in [0.1, 0.15) is 11.7 Å². The van der Waals surface area contributed by atoms with E-state index in [4.69, 9.17) is 0 Å². The van der Waals surface area contributed by atoms with Crippen molar-refractivity contribution >= 4 is 35.6 Å². The number of anilines is 2. The van der Waals surface area contributed by atoms with Gasteiger partial charge in [-0.15, -0.1) is 0 Å². The number of carbonyl (C=O) groups excluding carboxylic acids is 2. The second-order valence-corrected chi connectivity index (χ2v) is 7.05. The van der Waals surface area contributed by atoms with Crippen molar-refractivity contribution in [2.45, 2.75) is 12.8 Å². The van der Waals surface area contributed by atoms with E-state index in [1.54, 1.807) is 17.0 Å².